The molecule has 0 fully saturated rings. The third-order valence-electron chi connectivity index (χ3n) is 8.44. The first kappa shape index (κ1) is 25.7. The molecule has 0 unspecified atom stereocenters. The zero-order valence-corrected chi connectivity index (χ0v) is 23.9. The smallest absolute Gasteiger partial charge is 0.154 e. The van der Waals surface area contributed by atoms with E-state index in [2.05, 4.69) is 113 Å². The summed E-state index contributed by atoms with van der Waals surface area (Å²) < 4.78 is 2.37. The Hall–Kier alpha value is -6.00. The Morgan fingerprint density at radius 2 is 1.20 bits per heavy atom. The summed E-state index contributed by atoms with van der Waals surface area (Å²) in [6.07, 6.45) is 0. The highest BCUT2D eigenvalue weighted by atomic mass is 15.0. The normalized spacial score (nSPS) is 12.0. The van der Waals surface area contributed by atoms with Gasteiger partial charge in [0.15, 0.2) is 5.84 Å². The molecule has 0 aliphatic heterocycles. The number of nitrogens with two attached hydrogens (primary N) is 1. The minimum absolute atomic E-state index is 0.130. The average Bonchev–Trinajstić information content (AvgIpc) is 3.43. The number of rotatable bonds is 4. The summed E-state index contributed by atoms with van der Waals surface area (Å²) in [5.74, 6) is 0.452. The first-order valence-corrected chi connectivity index (χ1v) is 14.7. The van der Waals surface area contributed by atoms with Crippen LogP contribution in [-0.4, -0.2) is 16.2 Å². The van der Waals surface area contributed by atoms with E-state index < -0.39 is 0 Å². The van der Waals surface area contributed by atoms with E-state index in [9.17, 15) is 0 Å². The maximum absolute atomic E-state index is 9.02. The van der Waals surface area contributed by atoms with Crippen molar-refractivity contribution in [3.63, 3.8) is 0 Å². The Kier molecular flexibility index (Phi) is 6.05. The van der Waals surface area contributed by atoms with E-state index in [0.29, 0.717) is 5.84 Å². The molecule has 0 spiro atoms. The lowest BCUT2D eigenvalue weighted by Gasteiger charge is -2.14. The molecular formula is C40H28N4. The Morgan fingerprint density at radius 1 is 0.568 bits per heavy atom. The van der Waals surface area contributed by atoms with E-state index in [0.717, 1.165) is 38.7 Å². The maximum Gasteiger partial charge on any atom is 0.154 e. The van der Waals surface area contributed by atoms with E-state index in [-0.39, 0.29) is 5.84 Å². The lowest BCUT2D eigenvalue weighted by Crippen LogP contribution is -2.16. The number of aromatic nitrogens is 1. The maximum atomic E-state index is 9.02. The molecule has 3 N–H and O–H groups in total. The Labute approximate surface area is 254 Å². The molecule has 0 atom stereocenters. The van der Waals surface area contributed by atoms with Crippen molar-refractivity contribution in [3.8, 4) is 16.8 Å². The van der Waals surface area contributed by atoms with Gasteiger partial charge in [0, 0.05) is 33.0 Å². The van der Waals surface area contributed by atoms with E-state index in [1.165, 1.54) is 32.6 Å². The predicted molar refractivity (Wildman–Crippen MR) is 185 cm³/mol. The van der Waals surface area contributed by atoms with Crippen LogP contribution in [0, 0.1) is 5.41 Å². The number of hydrogen-bond donors (Lipinski definition) is 2. The highest BCUT2D eigenvalue weighted by Crippen LogP contribution is 2.37. The molecule has 44 heavy (non-hydrogen) atoms. The Balaban J connectivity index is 1.29. The number of amidine groups is 2. The number of hydrogen-bond acceptors (Lipinski definition) is 1. The van der Waals surface area contributed by atoms with Gasteiger partial charge in [0.05, 0.1) is 11.0 Å². The summed E-state index contributed by atoms with van der Waals surface area (Å²) in [6.45, 7) is 0. The van der Waals surface area contributed by atoms with Gasteiger partial charge in [0.2, 0.25) is 0 Å². The molecule has 4 heteroatoms. The van der Waals surface area contributed by atoms with Crippen molar-refractivity contribution < 1.29 is 0 Å². The Morgan fingerprint density at radius 3 is 1.98 bits per heavy atom. The van der Waals surface area contributed by atoms with Crippen LogP contribution in [0.25, 0.3) is 60.2 Å². The van der Waals surface area contributed by atoms with Gasteiger partial charge in [-0.1, -0.05) is 121 Å². The second-order valence-corrected chi connectivity index (χ2v) is 11.0. The quantitative estimate of drug-likeness (QED) is 0.162. The minimum atomic E-state index is 0.130. The number of aliphatic imine (C=N–C) groups is 1. The summed E-state index contributed by atoms with van der Waals surface area (Å²) in [4.78, 5) is 4.54. The number of para-hydroxylation sites is 1. The zero-order valence-electron chi connectivity index (χ0n) is 23.9. The van der Waals surface area contributed by atoms with Gasteiger partial charge in [-0.2, -0.15) is 0 Å². The van der Waals surface area contributed by atoms with Crippen LogP contribution in [0.4, 0.5) is 0 Å². The van der Waals surface area contributed by atoms with Crippen molar-refractivity contribution in [2.24, 2.45) is 10.7 Å². The molecule has 0 amide bonds. The molecule has 0 aliphatic carbocycles. The van der Waals surface area contributed by atoms with Gasteiger partial charge in [-0.25, -0.2) is 4.99 Å². The number of fused-ring (bicyclic) bond motifs is 6. The fourth-order valence-electron chi connectivity index (χ4n) is 6.32. The van der Waals surface area contributed by atoms with Gasteiger partial charge >= 0.3 is 0 Å². The second-order valence-electron chi connectivity index (χ2n) is 11.0. The standard InChI is InChI=1S/C40H28N4/c41-39(28-11-2-1-3-12-28)43-40(42)36-25-30-14-5-4-13-29(30)24-35(36)27-18-21-31(22-19-27)44-37-17-9-8-16-33(37)34-23-20-26-10-6-7-15-32(26)38(34)44/h1-25H,(H3,41,42,43). The van der Waals surface area contributed by atoms with Gasteiger partial charge in [-0.15, -0.1) is 0 Å². The van der Waals surface area contributed by atoms with Crippen molar-refractivity contribution in [2.75, 3.05) is 0 Å². The van der Waals surface area contributed by atoms with Gasteiger partial charge < -0.3 is 10.3 Å². The molecule has 0 radical (unpaired) electrons. The molecule has 0 aliphatic rings. The fraction of sp³-hybridized carbons (Fsp3) is 0. The lowest BCUT2D eigenvalue weighted by molar-refractivity contribution is 1.19. The lowest BCUT2D eigenvalue weighted by atomic mass is 9.94. The molecule has 0 saturated carbocycles. The SMILES string of the molecule is N=C(N=C(N)c1ccccc1)c1cc2ccccc2cc1-c1ccc(-n2c3ccccc3c3ccc4ccccc4c32)cc1. The number of benzene rings is 7. The zero-order chi connectivity index (χ0) is 29.6. The molecule has 8 aromatic rings. The van der Waals surface area contributed by atoms with Crippen LogP contribution < -0.4 is 5.73 Å². The van der Waals surface area contributed by atoms with Crippen LogP contribution >= 0.6 is 0 Å². The third-order valence-corrected chi connectivity index (χ3v) is 8.44. The predicted octanol–water partition coefficient (Wildman–Crippen LogP) is 9.49. The van der Waals surface area contributed by atoms with Gasteiger partial charge in [-0.3, -0.25) is 5.41 Å². The summed E-state index contributed by atoms with van der Waals surface area (Å²) in [5, 5.41) is 16.1. The fourth-order valence-corrected chi connectivity index (χ4v) is 6.32. The molecule has 4 nitrogen and oxygen atoms in total. The summed E-state index contributed by atoms with van der Waals surface area (Å²) in [6, 6.07) is 52.3. The highest BCUT2D eigenvalue weighted by molar-refractivity contribution is 6.18. The minimum Gasteiger partial charge on any atom is -0.383 e. The molecule has 8 rings (SSSR count). The number of nitrogens with one attached hydrogen (secondary N) is 1. The van der Waals surface area contributed by atoms with Crippen molar-refractivity contribution in [3.05, 3.63) is 163 Å². The molecular weight excluding hydrogens is 536 g/mol. The van der Waals surface area contributed by atoms with E-state index in [1.54, 1.807) is 0 Å². The highest BCUT2D eigenvalue weighted by Gasteiger charge is 2.16. The van der Waals surface area contributed by atoms with Crippen molar-refractivity contribution in [1.82, 2.24) is 4.57 Å². The summed E-state index contributed by atoms with van der Waals surface area (Å²) >= 11 is 0. The molecule has 0 bridgehead atoms. The summed E-state index contributed by atoms with van der Waals surface area (Å²) in [7, 11) is 0. The van der Waals surface area contributed by atoms with E-state index in [4.69, 9.17) is 11.1 Å². The molecule has 0 saturated heterocycles. The molecule has 7 aromatic carbocycles. The van der Waals surface area contributed by atoms with Crippen LogP contribution in [0.1, 0.15) is 11.1 Å². The van der Waals surface area contributed by atoms with Crippen LogP contribution in [0.15, 0.2) is 157 Å². The molecule has 208 valence electrons. The number of nitrogens with zero attached hydrogens (tertiary/aromatic N) is 2. The Bertz CT molecular complexity index is 2400. The van der Waals surface area contributed by atoms with Crippen molar-refractivity contribution >= 4 is 55.0 Å². The summed E-state index contributed by atoms with van der Waals surface area (Å²) in [5.41, 5.74) is 13.3. The van der Waals surface area contributed by atoms with E-state index in [1.807, 2.05) is 48.5 Å². The van der Waals surface area contributed by atoms with Crippen LogP contribution in [0.3, 0.4) is 0 Å². The first-order valence-electron chi connectivity index (χ1n) is 14.7. The monoisotopic (exact) mass is 564 g/mol. The van der Waals surface area contributed by atoms with E-state index >= 15 is 0 Å². The first-order chi connectivity index (χ1) is 21.7. The topological polar surface area (TPSA) is 67.2 Å². The van der Waals surface area contributed by atoms with Crippen LogP contribution in [0.2, 0.25) is 0 Å². The van der Waals surface area contributed by atoms with Crippen molar-refractivity contribution in [1.29, 1.82) is 5.41 Å². The van der Waals surface area contributed by atoms with Gasteiger partial charge in [0.1, 0.15) is 5.84 Å². The second kappa shape index (κ2) is 10.4. The average molecular weight is 565 g/mol. The van der Waals surface area contributed by atoms with Crippen LogP contribution in [0.5, 0.6) is 0 Å². The van der Waals surface area contributed by atoms with Gasteiger partial charge in [-0.05, 0) is 57.6 Å². The molecule has 1 aromatic heterocycles. The molecule has 1 heterocycles. The van der Waals surface area contributed by atoms with Crippen molar-refractivity contribution in [2.45, 2.75) is 0 Å². The van der Waals surface area contributed by atoms with Gasteiger partial charge in [0.25, 0.3) is 0 Å². The third kappa shape index (κ3) is 4.24. The van der Waals surface area contributed by atoms with Crippen LogP contribution in [-0.2, 0) is 0 Å². The largest absolute Gasteiger partial charge is 0.383 e.